The molecule has 0 radical (unpaired) electrons. The SMILES string of the molecule is Nc1cc(C=O)nc(I)c1C(F)F. The Balaban J connectivity index is 3.31. The summed E-state index contributed by atoms with van der Waals surface area (Å²) in [5, 5.41) is 0. The molecule has 3 nitrogen and oxygen atoms in total. The van der Waals surface area contributed by atoms with Crippen molar-refractivity contribution in [3.63, 3.8) is 0 Å². The number of anilines is 1. The van der Waals surface area contributed by atoms with Crippen LogP contribution in [0.25, 0.3) is 0 Å². The number of nitrogen functional groups attached to an aromatic ring is 1. The molecule has 0 aliphatic carbocycles. The van der Waals surface area contributed by atoms with Gasteiger partial charge in [0.05, 0.1) is 5.56 Å². The Bertz CT molecular complexity index is 320. The summed E-state index contributed by atoms with van der Waals surface area (Å²) >= 11 is 1.62. The third-order valence-electron chi connectivity index (χ3n) is 1.40. The predicted octanol–water partition coefficient (Wildman–Crippen LogP) is 2.02. The van der Waals surface area contributed by atoms with Crippen LogP contribution in [0.2, 0.25) is 0 Å². The van der Waals surface area contributed by atoms with Crippen LogP contribution in [0.15, 0.2) is 6.07 Å². The molecule has 0 bridgehead atoms. The minimum atomic E-state index is -2.67. The number of hydrogen-bond acceptors (Lipinski definition) is 3. The average Bonchev–Trinajstić information content (AvgIpc) is 2.02. The van der Waals surface area contributed by atoms with E-state index in [0.717, 1.165) is 6.07 Å². The van der Waals surface area contributed by atoms with Gasteiger partial charge in [0, 0.05) is 5.69 Å². The van der Waals surface area contributed by atoms with Crippen LogP contribution in [0.5, 0.6) is 0 Å². The molecule has 0 unspecified atom stereocenters. The second kappa shape index (κ2) is 3.95. The normalized spacial score (nSPS) is 10.5. The Kier molecular flexibility index (Phi) is 3.12. The van der Waals surface area contributed by atoms with Crippen molar-refractivity contribution in [2.45, 2.75) is 6.43 Å². The van der Waals surface area contributed by atoms with Gasteiger partial charge in [0.2, 0.25) is 0 Å². The summed E-state index contributed by atoms with van der Waals surface area (Å²) in [6.45, 7) is 0. The van der Waals surface area contributed by atoms with E-state index >= 15 is 0 Å². The van der Waals surface area contributed by atoms with Gasteiger partial charge in [0.1, 0.15) is 9.39 Å². The molecule has 0 saturated heterocycles. The van der Waals surface area contributed by atoms with E-state index in [2.05, 4.69) is 4.98 Å². The summed E-state index contributed by atoms with van der Waals surface area (Å²) in [6.07, 6.45) is -2.20. The van der Waals surface area contributed by atoms with E-state index < -0.39 is 6.43 Å². The summed E-state index contributed by atoms with van der Waals surface area (Å²) in [7, 11) is 0. The topological polar surface area (TPSA) is 56.0 Å². The molecule has 1 aromatic heterocycles. The fourth-order valence-electron chi connectivity index (χ4n) is 0.838. The monoisotopic (exact) mass is 298 g/mol. The third kappa shape index (κ3) is 2.11. The van der Waals surface area contributed by atoms with Gasteiger partial charge in [0.25, 0.3) is 6.43 Å². The van der Waals surface area contributed by atoms with Crippen LogP contribution in [-0.2, 0) is 0 Å². The summed E-state index contributed by atoms with van der Waals surface area (Å²) in [5.74, 6) is 0. The molecular weight excluding hydrogens is 293 g/mol. The first-order valence-corrected chi connectivity index (χ1v) is 4.33. The molecule has 0 saturated carbocycles. The second-order valence-electron chi connectivity index (χ2n) is 2.26. The number of hydrogen-bond donors (Lipinski definition) is 1. The van der Waals surface area contributed by atoms with Gasteiger partial charge >= 0.3 is 0 Å². The van der Waals surface area contributed by atoms with Crippen molar-refractivity contribution in [2.75, 3.05) is 5.73 Å². The molecule has 2 N–H and O–H groups in total. The molecule has 0 aromatic carbocycles. The molecule has 6 heteroatoms. The Hall–Kier alpha value is -0.790. The van der Waals surface area contributed by atoms with Gasteiger partial charge in [-0.15, -0.1) is 0 Å². The molecule has 1 aromatic rings. The number of carbonyl (C=O) groups excluding carboxylic acids is 1. The Labute approximate surface area is 86.5 Å². The van der Waals surface area contributed by atoms with Crippen molar-refractivity contribution < 1.29 is 13.6 Å². The van der Waals surface area contributed by atoms with Gasteiger partial charge in [-0.3, -0.25) is 4.79 Å². The highest BCUT2D eigenvalue weighted by Gasteiger charge is 2.17. The molecule has 1 rings (SSSR count). The van der Waals surface area contributed by atoms with E-state index in [-0.39, 0.29) is 20.6 Å². The fraction of sp³-hybridized carbons (Fsp3) is 0.143. The zero-order chi connectivity index (χ0) is 10.0. The highest BCUT2D eigenvalue weighted by Crippen LogP contribution is 2.28. The standard InChI is InChI=1S/C7H5F2IN2O/c8-6(9)5-4(11)1-3(2-13)12-7(5)10/h1-2,6H,(H2,11,12). The largest absolute Gasteiger partial charge is 0.398 e. The van der Waals surface area contributed by atoms with Crippen molar-refractivity contribution in [1.29, 1.82) is 0 Å². The molecule has 0 amide bonds. The number of nitrogens with zero attached hydrogens (tertiary/aromatic N) is 1. The summed E-state index contributed by atoms with van der Waals surface area (Å²) in [4.78, 5) is 13.9. The molecule has 0 fully saturated rings. The maximum Gasteiger partial charge on any atom is 0.268 e. The highest BCUT2D eigenvalue weighted by molar-refractivity contribution is 14.1. The molecular formula is C7H5F2IN2O. The number of nitrogens with two attached hydrogens (primary N) is 1. The maximum atomic E-state index is 12.3. The molecule has 70 valence electrons. The van der Waals surface area contributed by atoms with E-state index in [9.17, 15) is 13.6 Å². The molecule has 13 heavy (non-hydrogen) atoms. The number of carbonyl (C=O) groups is 1. The number of alkyl halides is 2. The van der Waals surface area contributed by atoms with Crippen molar-refractivity contribution >= 4 is 34.6 Å². The van der Waals surface area contributed by atoms with Crippen LogP contribution >= 0.6 is 22.6 Å². The molecule has 0 aliphatic heterocycles. The lowest BCUT2D eigenvalue weighted by atomic mass is 10.2. The molecule has 0 atom stereocenters. The lowest BCUT2D eigenvalue weighted by molar-refractivity contribution is 0.111. The van der Waals surface area contributed by atoms with E-state index in [0.29, 0.717) is 6.29 Å². The Morgan fingerprint density at radius 3 is 2.62 bits per heavy atom. The van der Waals surface area contributed by atoms with Crippen LogP contribution in [0.1, 0.15) is 22.5 Å². The van der Waals surface area contributed by atoms with Crippen molar-refractivity contribution in [1.82, 2.24) is 4.98 Å². The quantitative estimate of drug-likeness (QED) is 0.516. The maximum absolute atomic E-state index is 12.3. The number of pyridine rings is 1. The Morgan fingerprint density at radius 1 is 1.62 bits per heavy atom. The van der Waals surface area contributed by atoms with Gasteiger partial charge < -0.3 is 5.73 Å². The van der Waals surface area contributed by atoms with Crippen molar-refractivity contribution in [3.8, 4) is 0 Å². The van der Waals surface area contributed by atoms with Crippen molar-refractivity contribution in [2.24, 2.45) is 0 Å². The first-order chi connectivity index (χ1) is 6.06. The fourth-order valence-corrected chi connectivity index (χ4v) is 1.66. The smallest absolute Gasteiger partial charge is 0.268 e. The van der Waals surface area contributed by atoms with Crippen LogP contribution in [0.3, 0.4) is 0 Å². The highest BCUT2D eigenvalue weighted by atomic mass is 127. The van der Waals surface area contributed by atoms with E-state index in [4.69, 9.17) is 5.73 Å². The third-order valence-corrected chi connectivity index (χ3v) is 2.23. The zero-order valence-corrected chi connectivity index (χ0v) is 8.46. The predicted molar refractivity (Wildman–Crippen MR) is 51.7 cm³/mol. The number of halogens is 3. The van der Waals surface area contributed by atoms with E-state index in [1.807, 2.05) is 0 Å². The van der Waals surface area contributed by atoms with Crippen molar-refractivity contribution in [3.05, 3.63) is 21.0 Å². The van der Waals surface area contributed by atoms with E-state index in [1.54, 1.807) is 22.6 Å². The number of rotatable bonds is 2. The lowest BCUT2D eigenvalue weighted by Crippen LogP contribution is -2.03. The van der Waals surface area contributed by atoms with Crippen LogP contribution in [0, 0.1) is 3.70 Å². The Morgan fingerprint density at radius 2 is 2.23 bits per heavy atom. The first-order valence-electron chi connectivity index (χ1n) is 3.25. The zero-order valence-electron chi connectivity index (χ0n) is 6.30. The summed E-state index contributed by atoms with van der Waals surface area (Å²) in [6, 6.07) is 1.14. The van der Waals surface area contributed by atoms with Crippen LogP contribution in [-0.4, -0.2) is 11.3 Å². The molecule has 0 aliphatic rings. The van der Waals surface area contributed by atoms with Gasteiger partial charge in [-0.05, 0) is 28.7 Å². The molecule has 0 spiro atoms. The minimum Gasteiger partial charge on any atom is -0.398 e. The second-order valence-corrected chi connectivity index (χ2v) is 3.28. The van der Waals surface area contributed by atoms with Crippen LogP contribution < -0.4 is 5.73 Å². The summed E-state index contributed by atoms with van der Waals surface area (Å²) in [5.41, 5.74) is 4.96. The average molecular weight is 298 g/mol. The molecule has 1 heterocycles. The van der Waals surface area contributed by atoms with Gasteiger partial charge in [-0.25, -0.2) is 13.8 Å². The van der Waals surface area contributed by atoms with Gasteiger partial charge in [-0.1, -0.05) is 0 Å². The van der Waals surface area contributed by atoms with Crippen LogP contribution in [0.4, 0.5) is 14.5 Å². The first kappa shape index (κ1) is 10.3. The van der Waals surface area contributed by atoms with E-state index in [1.165, 1.54) is 0 Å². The lowest BCUT2D eigenvalue weighted by Gasteiger charge is -2.06. The van der Waals surface area contributed by atoms with Gasteiger partial charge in [0.15, 0.2) is 6.29 Å². The number of aldehydes is 1. The minimum absolute atomic E-state index is 0.0614. The summed E-state index contributed by atoms with van der Waals surface area (Å²) < 4.78 is 24.7. The van der Waals surface area contributed by atoms with Gasteiger partial charge in [-0.2, -0.15) is 0 Å². The number of aromatic nitrogens is 1.